The molecule has 0 saturated carbocycles. The lowest BCUT2D eigenvalue weighted by molar-refractivity contribution is -0.384. The number of nitrogens with two attached hydrogens (primary N) is 1. The van der Waals surface area contributed by atoms with Crippen LogP contribution in [-0.4, -0.2) is 9.91 Å². The quantitative estimate of drug-likeness (QED) is 0.365. The second-order valence-corrected chi connectivity index (χ2v) is 5.01. The lowest BCUT2D eigenvalue weighted by atomic mass is 10.3. The maximum atomic E-state index is 13.4. The third-order valence-electron chi connectivity index (χ3n) is 2.33. The van der Waals surface area contributed by atoms with Gasteiger partial charge in [0.1, 0.15) is 11.6 Å². The third kappa shape index (κ3) is 3.57. The van der Waals surface area contributed by atoms with Gasteiger partial charge in [-0.25, -0.2) is 10.2 Å². The Morgan fingerprint density at radius 2 is 2.14 bits per heavy atom. The molecule has 0 aliphatic rings. The van der Waals surface area contributed by atoms with Gasteiger partial charge < -0.3 is 10.2 Å². The van der Waals surface area contributed by atoms with Gasteiger partial charge in [-0.3, -0.25) is 10.1 Å². The molecule has 1 heterocycles. The van der Waals surface area contributed by atoms with E-state index in [0.29, 0.717) is 4.47 Å². The number of rotatable bonds is 4. The third-order valence-corrected chi connectivity index (χ3v) is 3.24. The van der Waals surface area contributed by atoms with Crippen molar-refractivity contribution < 1.29 is 14.1 Å². The minimum absolute atomic E-state index is 0.0322. The molecule has 0 amide bonds. The van der Waals surface area contributed by atoms with E-state index in [-0.39, 0.29) is 28.2 Å². The number of hydrogen-bond donors (Lipinski definition) is 2. The van der Waals surface area contributed by atoms with Gasteiger partial charge in [-0.15, -0.1) is 0 Å². The minimum atomic E-state index is -0.697. The van der Waals surface area contributed by atoms with Crippen molar-refractivity contribution in [2.75, 3.05) is 5.43 Å². The van der Waals surface area contributed by atoms with Gasteiger partial charge in [0.15, 0.2) is 5.82 Å². The van der Waals surface area contributed by atoms with E-state index >= 15 is 0 Å². The number of benzene rings is 1. The first kappa shape index (κ1) is 15.4. The van der Waals surface area contributed by atoms with Crippen LogP contribution in [0.15, 0.2) is 28.7 Å². The second kappa shape index (κ2) is 6.20. The molecule has 0 spiro atoms. The summed E-state index contributed by atoms with van der Waals surface area (Å²) in [5.74, 6) is 4.45. The van der Waals surface area contributed by atoms with Crippen LogP contribution in [0.25, 0.3) is 0 Å². The standard InChI is InChI=1S/C11H7BrClFN4O3/c12-6-3-7(13)8(14)4-9(6)21-11-2-5(18(19)20)1-10(16-11)17-15/h1-4H,15H2,(H,16,17). The van der Waals surface area contributed by atoms with Crippen LogP contribution in [-0.2, 0) is 0 Å². The van der Waals surface area contributed by atoms with Crippen LogP contribution < -0.4 is 16.0 Å². The number of nitrogen functional groups attached to an aromatic ring is 1. The summed E-state index contributed by atoms with van der Waals surface area (Å²) >= 11 is 8.76. The predicted octanol–water partition coefficient (Wildman–Crippen LogP) is 3.62. The molecule has 2 rings (SSSR count). The molecule has 0 saturated heterocycles. The van der Waals surface area contributed by atoms with Gasteiger partial charge in [-0.1, -0.05) is 11.6 Å². The largest absolute Gasteiger partial charge is 0.437 e. The zero-order valence-electron chi connectivity index (χ0n) is 10.1. The maximum absolute atomic E-state index is 13.4. The summed E-state index contributed by atoms with van der Waals surface area (Å²) in [6, 6.07) is 4.54. The summed E-state index contributed by atoms with van der Waals surface area (Å²) in [6.07, 6.45) is 0. The molecule has 7 nitrogen and oxygen atoms in total. The molecule has 0 radical (unpaired) electrons. The zero-order valence-corrected chi connectivity index (χ0v) is 12.5. The van der Waals surface area contributed by atoms with Crippen molar-refractivity contribution in [3.63, 3.8) is 0 Å². The molecule has 0 fully saturated rings. The first-order valence-corrected chi connectivity index (χ1v) is 6.53. The molecule has 0 aliphatic carbocycles. The fourth-order valence-corrected chi connectivity index (χ4v) is 2.14. The summed E-state index contributed by atoms with van der Waals surface area (Å²) in [5.41, 5.74) is 1.90. The van der Waals surface area contributed by atoms with Gasteiger partial charge in [-0.2, -0.15) is 4.98 Å². The van der Waals surface area contributed by atoms with Crippen LogP contribution in [0, 0.1) is 15.9 Å². The van der Waals surface area contributed by atoms with Crippen molar-refractivity contribution in [2.24, 2.45) is 5.84 Å². The highest BCUT2D eigenvalue weighted by Crippen LogP contribution is 2.34. The summed E-state index contributed by atoms with van der Waals surface area (Å²) in [6.45, 7) is 0. The number of hydrogen-bond acceptors (Lipinski definition) is 6. The van der Waals surface area contributed by atoms with Crippen molar-refractivity contribution in [2.45, 2.75) is 0 Å². The minimum Gasteiger partial charge on any atom is -0.437 e. The number of nitrogens with zero attached hydrogens (tertiary/aromatic N) is 2. The number of pyridine rings is 1. The molecule has 1 aromatic heterocycles. The van der Waals surface area contributed by atoms with Crippen LogP contribution in [0.2, 0.25) is 5.02 Å². The van der Waals surface area contributed by atoms with Gasteiger partial charge in [-0.05, 0) is 22.0 Å². The van der Waals surface area contributed by atoms with E-state index in [1.54, 1.807) is 0 Å². The fourth-order valence-electron chi connectivity index (χ4n) is 1.42. The highest BCUT2D eigenvalue weighted by atomic mass is 79.9. The van der Waals surface area contributed by atoms with E-state index in [9.17, 15) is 14.5 Å². The van der Waals surface area contributed by atoms with E-state index in [1.807, 2.05) is 0 Å². The predicted molar refractivity (Wildman–Crippen MR) is 77.9 cm³/mol. The van der Waals surface area contributed by atoms with Crippen molar-refractivity contribution >= 4 is 39.0 Å². The molecule has 0 unspecified atom stereocenters. The second-order valence-electron chi connectivity index (χ2n) is 3.75. The zero-order chi connectivity index (χ0) is 15.6. The van der Waals surface area contributed by atoms with Crippen LogP contribution in [0.4, 0.5) is 15.9 Å². The molecule has 0 bridgehead atoms. The maximum Gasteiger partial charge on any atom is 0.278 e. The van der Waals surface area contributed by atoms with Gasteiger partial charge >= 0.3 is 0 Å². The monoisotopic (exact) mass is 376 g/mol. The summed E-state index contributed by atoms with van der Waals surface area (Å²) in [5, 5.41) is 10.7. The number of aromatic nitrogens is 1. The SMILES string of the molecule is NNc1cc([N+](=O)[O-])cc(Oc2cc(F)c(Cl)cc2Br)n1. The highest BCUT2D eigenvalue weighted by Gasteiger charge is 2.14. The molecular formula is C11H7BrClFN4O3. The molecule has 0 aliphatic heterocycles. The van der Waals surface area contributed by atoms with Crippen LogP contribution in [0.3, 0.4) is 0 Å². The number of nitrogens with one attached hydrogen (secondary N) is 1. The van der Waals surface area contributed by atoms with Crippen LogP contribution in [0.1, 0.15) is 0 Å². The molecule has 21 heavy (non-hydrogen) atoms. The lowest BCUT2D eigenvalue weighted by Crippen LogP contribution is -2.09. The number of ether oxygens (including phenoxy) is 1. The highest BCUT2D eigenvalue weighted by molar-refractivity contribution is 9.10. The Morgan fingerprint density at radius 1 is 1.43 bits per heavy atom. The Kier molecular flexibility index (Phi) is 4.56. The fraction of sp³-hybridized carbons (Fsp3) is 0. The molecule has 1 aromatic carbocycles. The van der Waals surface area contributed by atoms with Gasteiger partial charge in [0.25, 0.3) is 5.69 Å². The molecular weight excluding hydrogens is 371 g/mol. The topological polar surface area (TPSA) is 103 Å². The first-order chi connectivity index (χ1) is 9.90. The van der Waals surface area contributed by atoms with Gasteiger partial charge in [0, 0.05) is 6.07 Å². The number of nitro groups is 1. The van der Waals surface area contributed by atoms with Crippen molar-refractivity contribution in [1.82, 2.24) is 4.98 Å². The molecule has 10 heteroatoms. The van der Waals surface area contributed by atoms with Crippen molar-refractivity contribution in [3.8, 4) is 11.6 Å². The van der Waals surface area contributed by atoms with E-state index < -0.39 is 10.7 Å². The average Bonchev–Trinajstić information content (AvgIpc) is 2.44. The van der Waals surface area contributed by atoms with Crippen LogP contribution in [0.5, 0.6) is 11.6 Å². The number of hydrazine groups is 1. The van der Waals surface area contributed by atoms with Gasteiger partial charge in [0.2, 0.25) is 5.88 Å². The van der Waals surface area contributed by atoms with E-state index in [4.69, 9.17) is 22.2 Å². The summed E-state index contributed by atoms with van der Waals surface area (Å²) < 4.78 is 19.1. The summed E-state index contributed by atoms with van der Waals surface area (Å²) in [4.78, 5) is 14.1. The average molecular weight is 378 g/mol. The Morgan fingerprint density at radius 3 is 2.76 bits per heavy atom. The normalized spacial score (nSPS) is 10.3. The van der Waals surface area contributed by atoms with E-state index in [1.165, 1.54) is 6.07 Å². The van der Waals surface area contributed by atoms with Gasteiger partial charge in [0.05, 0.1) is 26.6 Å². The number of halogens is 3. The Labute approximate surface area is 131 Å². The Balaban J connectivity index is 2.41. The summed E-state index contributed by atoms with van der Waals surface area (Å²) in [7, 11) is 0. The Bertz CT molecular complexity index is 716. The Hall–Kier alpha value is -1.97. The molecule has 3 N–H and O–H groups in total. The van der Waals surface area contributed by atoms with Crippen molar-refractivity contribution in [3.05, 3.63) is 49.7 Å². The van der Waals surface area contributed by atoms with Crippen molar-refractivity contribution in [1.29, 1.82) is 0 Å². The molecule has 2 aromatic rings. The number of anilines is 1. The molecule has 0 atom stereocenters. The smallest absolute Gasteiger partial charge is 0.278 e. The van der Waals surface area contributed by atoms with Crippen LogP contribution >= 0.6 is 27.5 Å². The molecule has 110 valence electrons. The van der Waals surface area contributed by atoms with E-state index in [2.05, 4.69) is 26.3 Å². The lowest BCUT2D eigenvalue weighted by Gasteiger charge is -2.09. The first-order valence-electron chi connectivity index (χ1n) is 5.36. The van der Waals surface area contributed by atoms with E-state index in [0.717, 1.165) is 18.2 Å².